The van der Waals surface area contributed by atoms with Crippen LogP contribution in [0.2, 0.25) is 3.67 Å². The van der Waals surface area contributed by atoms with Crippen LogP contribution in [0.15, 0.2) is 45.4 Å². The van der Waals surface area contributed by atoms with E-state index in [2.05, 4.69) is 36.5 Å². The van der Waals surface area contributed by atoms with Gasteiger partial charge in [-0.15, -0.1) is 0 Å². The number of allylic oxidation sites excluding steroid dienone is 8. The van der Waals surface area contributed by atoms with Crippen molar-refractivity contribution >= 4 is 0 Å². The third-order valence-electron chi connectivity index (χ3n) is 3.65. The largest absolute Gasteiger partial charge is 1.00 e. The van der Waals surface area contributed by atoms with Gasteiger partial charge in [0.05, 0.1) is 0 Å². The van der Waals surface area contributed by atoms with E-state index in [1.54, 1.807) is 0 Å². The first kappa shape index (κ1) is 16.3. The Balaban J connectivity index is 0.000000722. The Bertz CT molecular complexity index is 380. The van der Waals surface area contributed by atoms with Crippen LogP contribution < -0.4 is 48.0 Å². The van der Waals surface area contributed by atoms with Crippen molar-refractivity contribution in [1.29, 1.82) is 0 Å². The van der Waals surface area contributed by atoms with Crippen molar-refractivity contribution in [2.45, 2.75) is 29.4 Å². The van der Waals surface area contributed by atoms with Crippen LogP contribution in [-0.2, 0) is 22.9 Å². The molecule has 0 radical (unpaired) electrons. The maximum absolute atomic E-state index is 2.43. The fourth-order valence-electron chi connectivity index (χ4n) is 2.85. The quantitative estimate of drug-likeness (QED) is 0.249. The second-order valence-electron chi connectivity index (χ2n) is 4.63. The number of hydrogen-bond acceptors (Lipinski definition) is 0. The fourth-order valence-corrected chi connectivity index (χ4v) is 8.90. The maximum atomic E-state index is 2.43. The van der Waals surface area contributed by atoms with Crippen LogP contribution in [0.3, 0.4) is 0 Å². The van der Waals surface area contributed by atoms with E-state index in [0.717, 1.165) is 9.59 Å². The van der Waals surface area contributed by atoms with E-state index in [1.807, 2.05) is 8.90 Å². The van der Waals surface area contributed by atoms with Gasteiger partial charge in [-0.25, -0.2) is 0 Å². The third kappa shape index (κ3) is 3.88. The van der Waals surface area contributed by atoms with E-state index < -0.39 is 22.9 Å². The second-order valence-corrected chi connectivity index (χ2v) is 10.5. The zero-order valence-corrected chi connectivity index (χ0v) is 17.6. The minimum Gasteiger partial charge on any atom is -1.00 e. The molecule has 90 valence electrons. The Morgan fingerprint density at radius 3 is 2.59 bits per heavy atom. The van der Waals surface area contributed by atoms with Gasteiger partial charge in [0.25, 0.3) is 0 Å². The zero-order valence-electron chi connectivity index (χ0n) is 9.70. The standard InChI is InChI=1S/C9H11.C5H5.Hf.2HI/c1-2-5-9-7-3-6-8(9)4-1;1-2-4-5-3-1;;;/h1-2,4,6,9H,3,5,7H2;1-3H,4H2;;2*1H/q;;+2;;/p-2. The molecule has 0 aromatic rings. The van der Waals surface area contributed by atoms with Gasteiger partial charge in [0.15, 0.2) is 0 Å². The smallest absolute Gasteiger partial charge is 1.00 e. The molecule has 0 N–H and O–H groups in total. The van der Waals surface area contributed by atoms with Crippen LogP contribution >= 0.6 is 0 Å². The predicted molar refractivity (Wildman–Crippen MR) is 60.2 cm³/mol. The molecule has 3 aliphatic carbocycles. The summed E-state index contributed by atoms with van der Waals surface area (Å²) in [5.74, 6) is 0.933. The Hall–Kier alpha value is 1.29. The van der Waals surface area contributed by atoms with Crippen LogP contribution in [0.1, 0.15) is 25.7 Å². The minimum absolute atomic E-state index is 0. The van der Waals surface area contributed by atoms with E-state index in [4.69, 9.17) is 0 Å². The van der Waals surface area contributed by atoms with Crippen molar-refractivity contribution in [2.75, 3.05) is 0 Å². The molecule has 3 rings (SSSR count). The molecule has 1 saturated carbocycles. The molecule has 17 heavy (non-hydrogen) atoms. The molecule has 2 atom stereocenters. The Kier molecular flexibility index (Phi) is 7.48. The molecule has 2 unspecified atom stereocenters. The molecular formula is C14H16HfI2. The van der Waals surface area contributed by atoms with Crippen LogP contribution in [0.25, 0.3) is 0 Å². The van der Waals surface area contributed by atoms with E-state index in [-0.39, 0.29) is 48.0 Å². The van der Waals surface area contributed by atoms with E-state index in [0.29, 0.717) is 0 Å². The van der Waals surface area contributed by atoms with Crippen molar-refractivity contribution in [1.82, 2.24) is 0 Å². The molecule has 0 nitrogen and oxygen atoms in total. The van der Waals surface area contributed by atoms with Crippen LogP contribution in [0.4, 0.5) is 0 Å². The fraction of sp³-hybridized carbons (Fsp3) is 0.429. The maximum Gasteiger partial charge on any atom is -1.00 e. The van der Waals surface area contributed by atoms with Crippen LogP contribution in [0.5, 0.6) is 0 Å². The molecule has 0 heterocycles. The monoisotopic (exact) mass is 618 g/mol. The average molecular weight is 617 g/mol. The molecule has 0 amide bonds. The van der Waals surface area contributed by atoms with Gasteiger partial charge in [-0.2, -0.15) is 0 Å². The summed E-state index contributed by atoms with van der Waals surface area (Å²) in [6.45, 7) is 0. The summed E-state index contributed by atoms with van der Waals surface area (Å²) in [6.07, 6.45) is 19.6. The summed E-state index contributed by atoms with van der Waals surface area (Å²) in [5.41, 5.74) is 1.83. The normalized spacial score (nSPS) is 28.5. The molecule has 0 bridgehead atoms. The Morgan fingerprint density at radius 1 is 1.00 bits per heavy atom. The predicted octanol–water partition coefficient (Wildman–Crippen LogP) is -1.99. The molecule has 0 spiro atoms. The topological polar surface area (TPSA) is 0 Å². The molecule has 3 heteroatoms. The molecule has 0 aliphatic heterocycles. The van der Waals surface area contributed by atoms with Gasteiger partial charge in [0, 0.05) is 0 Å². The molecule has 1 fully saturated rings. The summed E-state index contributed by atoms with van der Waals surface area (Å²) in [4.78, 5) is 0. The van der Waals surface area contributed by atoms with Crippen molar-refractivity contribution in [3.8, 4) is 0 Å². The summed E-state index contributed by atoms with van der Waals surface area (Å²) < 4.78 is 2.88. The minimum atomic E-state index is -0.531. The zero-order chi connectivity index (χ0) is 10.1. The van der Waals surface area contributed by atoms with Gasteiger partial charge in [0.1, 0.15) is 0 Å². The Labute approximate surface area is 149 Å². The first-order valence-electron chi connectivity index (χ1n) is 5.92. The molecule has 0 saturated heterocycles. The first-order valence-corrected chi connectivity index (χ1v) is 9.79. The van der Waals surface area contributed by atoms with E-state index >= 15 is 0 Å². The van der Waals surface area contributed by atoms with Crippen molar-refractivity contribution in [2.24, 2.45) is 5.92 Å². The molecule has 0 aromatic carbocycles. The van der Waals surface area contributed by atoms with Gasteiger partial charge < -0.3 is 48.0 Å². The van der Waals surface area contributed by atoms with Gasteiger partial charge in [-0.1, -0.05) is 0 Å². The molecule has 0 aromatic heterocycles. The Morgan fingerprint density at radius 2 is 1.82 bits per heavy atom. The number of fused-ring (bicyclic) bond motifs is 1. The van der Waals surface area contributed by atoms with E-state index in [1.165, 1.54) is 25.7 Å². The van der Waals surface area contributed by atoms with Gasteiger partial charge in [-0.05, 0) is 0 Å². The van der Waals surface area contributed by atoms with Crippen LogP contribution in [-0.4, -0.2) is 0 Å². The third-order valence-corrected chi connectivity index (χ3v) is 9.80. The van der Waals surface area contributed by atoms with Crippen molar-refractivity contribution in [3.63, 3.8) is 0 Å². The SMILES string of the molecule is C1=CC[C]([Hf+2][CH]2CCC3CC=CC=C32)=C1.[I-].[I-]. The summed E-state index contributed by atoms with van der Waals surface area (Å²) in [5, 5.41) is 0. The summed E-state index contributed by atoms with van der Waals surface area (Å²) >= 11 is -0.531. The molecular weight excluding hydrogens is 600 g/mol. The van der Waals surface area contributed by atoms with E-state index in [9.17, 15) is 0 Å². The van der Waals surface area contributed by atoms with Gasteiger partial charge in [0.2, 0.25) is 0 Å². The molecule has 3 aliphatic rings. The average Bonchev–Trinajstić information content (AvgIpc) is 2.89. The van der Waals surface area contributed by atoms with Crippen molar-refractivity contribution < 1.29 is 70.9 Å². The summed E-state index contributed by atoms with van der Waals surface area (Å²) in [7, 11) is 0. The number of hydrogen-bond donors (Lipinski definition) is 0. The van der Waals surface area contributed by atoms with Gasteiger partial charge in [-0.3, -0.25) is 0 Å². The summed E-state index contributed by atoms with van der Waals surface area (Å²) in [6, 6.07) is 0. The van der Waals surface area contributed by atoms with Crippen LogP contribution in [0, 0.1) is 5.92 Å². The van der Waals surface area contributed by atoms with Crippen molar-refractivity contribution in [3.05, 3.63) is 45.4 Å². The van der Waals surface area contributed by atoms with Gasteiger partial charge >= 0.3 is 104 Å². The number of rotatable bonds is 2. The second kappa shape index (κ2) is 7.78. The number of halogens is 2. The first-order chi connectivity index (χ1) is 7.43.